The summed E-state index contributed by atoms with van der Waals surface area (Å²) in [4.78, 5) is 0. The van der Waals surface area contributed by atoms with Gasteiger partial charge in [-0.3, -0.25) is 0 Å². The predicted molar refractivity (Wildman–Crippen MR) is 128 cm³/mol. The first kappa shape index (κ1) is 22.9. The Hall–Kier alpha value is -0.300. The summed E-state index contributed by atoms with van der Waals surface area (Å²) >= 11 is 0. The van der Waals surface area contributed by atoms with Crippen molar-refractivity contribution in [2.75, 3.05) is 6.61 Å². The number of aliphatic hydroxyl groups excluding tert-OH is 1. The standard InChI is InChI=1S/C29H50O/c1-20(22(3)19-30)10-11-21(2)24-14-17-29(6)26-13-12-23-9-7-8-16-27(23,4)25(26)15-18-28(24,29)5/h20-24,30H,7-19H2,1-6H3/t20-,21+,22?,23?,24+,27-,28+,29-/m0/s1. The molecule has 1 N–H and O–H groups in total. The average Bonchev–Trinajstić information content (AvgIpc) is 3.02. The molecule has 30 heavy (non-hydrogen) atoms. The Balaban J connectivity index is 1.55. The van der Waals surface area contributed by atoms with Crippen molar-refractivity contribution in [3.63, 3.8) is 0 Å². The van der Waals surface area contributed by atoms with Crippen LogP contribution in [-0.2, 0) is 0 Å². The molecule has 0 spiro atoms. The van der Waals surface area contributed by atoms with Crippen LogP contribution in [0.5, 0.6) is 0 Å². The number of hydrogen-bond donors (Lipinski definition) is 1. The summed E-state index contributed by atoms with van der Waals surface area (Å²) in [6.45, 7) is 15.5. The van der Waals surface area contributed by atoms with E-state index in [1.54, 1.807) is 0 Å². The molecular weight excluding hydrogens is 364 g/mol. The first-order valence-electron chi connectivity index (χ1n) is 13.5. The number of hydrogen-bond acceptors (Lipinski definition) is 1. The molecule has 172 valence electrons. The lowest BCUT2D eigenvalue weighted by Crippen LogP contribution is -2.48. The van der Waals surface area contributed by atoms with Gasteiger partial charge in [0.25, 0.3) is 0 Å². The Kier molecular flexibility index (Phi) is 6.28. The molecule has 0 heterocycles. The van der Waals surface area contributed by atoms with Crippen molar-refractivity contribution in [3.05, 3.63) is 11.1 Å². The lowest BCUT2D eigenvalue weighted by Gasteiger charge is -2.58. The molecule has 1 heteroatoms. The van der Waals surface area contributed by atoms with Crippen molar-refractivity contribution in [1.82, 2.24) is 0 Å². The summed E-state index contributed by atoms with van der Waals surface area (Å²) in [5.74, 6) is 3.75. The van der Waals surface area contributed by atoms with Crippen LogP contribution in [0.25, 0.3) is 0 Å². The highest BCUT2D eigenvalue weighted by Gasteiger charge is 2.61. The van der Waals surface area contributed by atoms with E-state index < -0.39 is 0 Å². The maximum atomic E-state index is 9.52. The molecule has 2 fully saturated rings. The fraction of sp³-hybridized carbons (Fsp3) is 0.931. The average molecular weight is 415 g/mol. The zero-order chi connectivity index (χ0) is 21.7. The third kappa shape index (κ3) is 3.36. The van der Waals surface area contributed by atoms with E-state index in [9.17, 15) is 5.11 Å². The lowest BCUT2D eigenvalue weighted by molar-refractivity contribution is 0.0181. The molecule has 4 aliphatic carbocycles. The highest BCUT2D eigenvalue weighted by Crippen LogP contribution is 2.71. The molecule has 4 aliphatic rings. The summed E-state index contributed by atoms with van der Waals surface area (Å²) in [5, 5.41) is 9.52. The van der Waals surface area contributed by atoms with Crippen LogP contribution in [0.3, 0.4) is 0 Å². The first-order chi connectivity index (χ1) is 14.2. The molecule has 0 amide bonds. The highest BCUT2D eigenvalue weighted by atomic mass is 16.3. The van der Waals surface area contributed by atoms with E-state index in [-0.39, 0.29) is 0 Å². The van der Waals surface area contributed by atoms with Gasteiger partial charge in [0, 0.05) is 6.61 Å². The van der Waals surface area contributed by atoms with Gasteiger partial charge in [-0.05, 0) is 97.2 Å². The highest BCUT2D eigenvalue weighted by molar-refractivity contribution is 5.37. The summed E-state index contributed by atoms with van der Waals surface area (Å²) in [7, 11) is 0. The molecule has 1 nitrogen and oxygen atoms in total. The van der Waals surface area contributed by atoms with Gasteiger partial charge < -0.3 is 5.11 Å². The van der Waals surface area contributed by atoms with Crippen molar-refractivity contribution in [1.29, 1.82) is 0 Å². The van der Waals surface area contributed by atoms with Gasteiger partial charge >= 0.3 is 0 Å². The predicted octanol–water partition coefficient (Wildman–Crippen LogP) is 8.17. The molecular formula is C29H50O. The quantitative estimate of drug-likeness (QED) is 0.434. The van der Waals surface area contributed by atoms with E-state index in [4.69, 9.17) is 0 Å². The van der Waals surface area contributed by atoms with E-state index in [0.717, 1.165) is 17.8 Å². The fourth-order valence-corrected chi connectivity index (χ4v) is 9.03. The summed E-state index contributed by atoms with van der Waals surface area (Å²) < 4.78 is 0. The van der Waals surface area contributed by atoms with Gasteiger partial charge in [0.1, 0.15) is 0 Å². The van der Waals surface area contributed by atoms with Crippen molar-refractivity contribution < 1.29 is 5.11 Å². The normalized spacial score (nSPS) is 44.1. The summed E-state index contributed by atoms with van der Waals surface area (Å²) in [6, 6.07) is 0. The van der Waals surface area contributed by atoms with Crippen LogP contribution < -0.4 is 0 Å². The van der Waals surface area contributed by atoms with Crippen LogP contribution in [-0.4, -0.2) is 11.7 Å². The molecule has 2 unspecified atom stereocenters. The van der Waals surface area contributed by atoms with Crippen molar-refractivity contribution >= 4 is 0 Å². The van der Waals surface area contributed by atoms with E-state index in [0.29, 0.717) is 34.7 Å². The SMILES string of the molecule is CC(CO)[C@@H](C)CC[C@@H](C)[C@H]1CC[C@@]2(C)C3=C(CC[C@]12C)[C@@]1(C)CCCCC1CC3. The first-order valence-corrected chi connectivity index (χ1v) is 13.5. The lowest BCUT2D eigenvalue weighted by atomic mass is 9.46. The largest absolute Gasteiger partial charge is 0.396 e. The number of allylic oxidation sites excluding steroid dienone is 2. The van der Waals surface area contributed by atoms with Crippen LogP contribution >= 0.6 is 0 Å². The fourth-order valence-electron chi connectivity index (χ4n) is 9.03. The second-order valence-electron chi connectivity index (χ2n) is 12.9. The van der Waals surface area contributed by atoms with Crippen LogP contribution in [0.4, 0.5) is 0 Å². The molecule has 0 aromatic rings. The van der Waals surface area contributed by atoms with Crippen LogP contribution in [0.1, 0.15) is 119 Å². The minimum absolute atomic E-state index is 0.339. The molecule has 0 saturated heterocycles. The molecule has 0 aliphatic heterocycles. The van der Waals surface area contributed by atoms with Crippen LogP contribution in [0, 0.1) is 45.8 Å². The minimum Gasteiger partial charge on any atom is -0.396 e. The second kappa shape index (κ2) is 8.24. The molecule has 4 rings (SSSR count). The number of fused-ring (bicyclic) bond motifs is 4. The van der Waals surface area contributed by atoms with Crippen molar-refractivity contribution in [2.45, 2.75) is 119 Å². The zero-order valence-corrected chi connectivity index (χ0v) is 21.0. The van der Waals surface area contributed by atoms with E-state index >= 15 is 0 Å². The third-order valence-corrected chi connectivity index (χ3v) is 11.8. The maximum absolute atomic E-state index is 9.52. The molecule has 2 saturated carbocycles. The maximum Gasteiger partial charge on any atom is 0.0459 e. The van der Waals surface area contributed by atoms with Crippen molar-refractivity contribution in [2.24, 2.45) is 45.8 Å². The van der Waals surface area contributed by atoms with Gasteiger partial charge in [0.2, 0.25) is 0 Å². The summed E-state index contributed by atoms with van der Waals surface area (Å²) in [5.41, 5.74) is 5.39. The zero-order valence-electron chi connectivity index (χ0n) is 21.0. The molecule has 0 radical (unpaired) electrons. The Labute approximate surface area is 187 Å². The van der Waals surface area contributed by atoms with E-state index in [1.165, 1.54) is 77.0 Å². The number of rotatable bonds is 6. The Morgan fingerprint density at radius 3 is 2.33 bits per heavy atom. The molecule has 0 aromatic heterocycles. The Bertz CT molecular complexity index is 663. The van der Waals surface area contributed by atoms with Gasteiger partial charge in [0.05, 0.1) is 0 Å². The third-order valence-electron chi connectivity index (χ3n) is 11.8. The van der Waals surface area contributed by atoms with E-state index in [1.807, 2.05) is 11.1 Å². The monoisotopic (exact) mass is 414 g/mol. The molecule has 8 atom stereocenters. The van der Waals surface area contributed by atoms with Gasteiger partial charge in [-0.15, -0.1) is 0 Å². The van der Waals surface area contributed by atoms with Gasteiger partial charge in [-0.1, -0.05) is 78.4 Å². The Morgan fingerprint density at radius 2 is 1.60 bits per heavy atom. The second-order valence-corrected chi connectivity index (χ2v) is 12.9. The summed E-state index contributed by atoms with van der Waals surface area (Å²) in [6.07, 6.45) is 17.1. The van der Waals surface area contributed by atoms with Gasteiger partial charge in [-0.2, -0.15) is 0 Å². The molecule has 0 bridgehead atoms. The number of aliphatic hydroxyl groups is 1. The topological polar surface area (TPSA) is 20.2 Å². The van der Waals surface area contributed by atoms with E-state index in [2.05, 4.69) is 41.5 Å². The Morgan fingerprint density at radius 1 is 0.833 bits per heavy atom. The van der Waals surface area contributed by atoms with Crippen LogP contribution in [0.2, 0.25) is 0 Å². The van der Waals surface area contributed by atoms with Gasteiger partial charge in [0.15, 0.2) is 0 Å². The van der Waals surface area contributed by atoms with Crippen LogP contribution in [0.15, 0.2) is 11.1 Å². The smallest absolute Gasteiger partial charge is 0.0459 e. The van der Waals surface area contributed by atoms with Gasteiger partial charge in [-0.25, -0.2) is 0 Å². The van der Waals surface area contributed by atoms with Crippen molar-refractivity contribution in [3.8, 4) is 0 Å². The minimum atomic E-state index is 0.339. The molecule has 0 aromatic carbocycles.